The lowest BCUT2D eigenvalue weighted by Crippen LogP contribution is -2.42. The number of likely N-dealkylation sites (tertiary alicyclic amines) is 1. The summed E-state index contributed by atoms with van der Waals surface area (Å²) in [6, 6.07) is 7.19. The lowest BCUT2D eigenvalue weighted by molar-refractivity contribution is -0.140. The molecule has 1 saturated heterocycles. The van der Waals surface area contributed by atoms with Crippen LogP contribution in [-0.2, 0) is 12.7 Å². The molecule has 3 aromatic heterocycles. The zero-order chi connectivity index (χ0) is 26.9. The van der Waals surface area contributed by atoms with Gasteiger partial charge in [0.1, 0.15) is 23.1 Å². The molecule has 0 aliphatic carbocycles. The summed E-state index contributed by atoms with van der Waals surface area (Å²) in [6.45, 7) is 0.736. The number of rotatable bonds is 6. The van der Waals surface area contributed by atoms with Crippen LogP contribution in [0.4, 0.5) is 13.2 Å². The number of aromatic nitrogens is 4. The lowest BCUT2D eigenvalue weighted by Gasteiger charge is -2.31. The second-order valence-corrected chi connectivity index (χ2v) is 8.54. The van der Waals surface area contributed by atoms with Crippen molar-refractivity contribution in [3.8, 4) is 23.2 Å². The van der Waals surface area contributed by atoms with Crippen LogP contribution in [0.2, 0.25) is 0 Å². The Bertz CT molecular complexity index is 1450. The molecule has 10 nitrogen and oxygen atoms in total. The van der Waals surface area contributed by atoms with Crippen molar-refractivity contribution in [3.63, 3.8) is 0 Å². The molecule has 0 radical (unpaired) electrons. The van der Waals surface area contributed by atoms with E-state index in [1.165, 1.54) is 19.2 Å². The van der Waals surface area contributed by atoms with Crippen molar-refractivity contribution in [2.24, 2.45) is 5.73 Å². The summed E-state index contributed by atoms with van der Waals surface area (Å²) in [6.07, 6.45) is -0.435. The van der Waals surface area contributed by atoms with Crippen LogP contribution in [0.15, 0.2) is 47.1 Å². The maximum absolute atomic E-state index is 13.3. The van der Waals surface area contributed by atoms with Gasteiger partial charge in [-0.05, 0) is 30.3 Å². The fourth-order valence-electron chi connectivity index (χ4n) is 4.30. The van der Waals surface area contributed by atoms with Crippen molar-refractivity contribution < 1.29 is 31.9 Å². The standard InChI is InChI=1S/C25H23F3N6O4/c1-36-17-5-3-16(15-4-6-19(25(26,27)28)32-20(15)17)22-33-21(18(13-29)38-22)23(35)34-11-7-14(8-12-34)37-24-30-9-2-10-31-24/h2-6,9-10,14H,7-8,11-13,29H2,1H3. The molecule has 0 atom stereocenters. The first-order chi connectivity index (χ1) is 18.3. The van der Waals surface area contributed by atoms with Gasteiger partial charge in [-0.2, -0.15) is 13.2 Å². The van der Waals surface area contributed by atoms with E-state index < -0.39 is 11.9 Å². The number of oxazole rings is 1. The molecule has 0 bridgehead atoms. The van der Waals surface area contributed by atoms with Gasteiger partial charge in [-0.1, -0.05) is 0 Å². The van der Waals surface area contributed by atoms with E-state index in [0.717, 1.165) is 6.07 Å². The number of halogens is 3. The van der Waals surface area contributed by atoms with Gasteiger partial charge in [-0.15, -0.1) is 0 Å². The largest absolute Gasteiger partial charge is 0.494 e. The molecule has 13 heteroatoms. The number of carbonyl (C=O) groups excluding carboxylic acids is 1. The quantitative estimate of drug-likeness (QED) is 0.397. The van der Waals surface area contributed by atoms with E-state index in [1.54, 1.807) is 29.4 Å². The Hall–Kier alpha value is -4.26. The second kappa shape index (κ2) is 10.2. The second-order valence-electron chi connectivity index (χ2n) is 8.54. The maximum atomic E-state index is 13.3. The summed E-state index contributed by atoms with van der Waals surface area (Å²) >= 11 is 0. The highest BCUT2D eigenvalue weighted by Crippen LogP contribution is 2.37. The minimum absolute atomic E-state index is 0.00957. The number of carbonyl (C=O) groups is 1. The molecule has 1 aliphatic rings. The van der Waals surface area contributed by atoms with Gasteiger partial charge in [0.2, 0.25) is 5.89 Å². The predicted molar refractivity (Wildman–Crippen MR) is 128 cm³/mol. The van der Waals surface area contributed by atoms with Crippen molar-refractivity contribution in [3.05, 3.63) is 59.9 Å². The first-order valence-corrected chi connectivity index (χ1v) is 11.8. The highest BCUT2D eigenvalue weighted by Gasteiger charge is 2.34. The number of nitrogens with zero attached hydrogens (tertiary/aromatic N) is 5. The van der Waals surface area contributed by atoms with E-state index in [4.69, 9.17) is 19.6 Å². The molecule has 0 spiro atoms. The number of hydrogen-bond donors (Lipinski definition) is 1. The molecule has 38 heavy (non-hydrogen) atoms. The third-order valence-electron chi connectivity index (χ3n) is 6.19. The molecule has 0 unspecified atom stereocenters. The van der Waals surface area contributed by atoms with Crippen LogP contribution in [0.1, 0.15) is 34.8 Å². The van der Waals surface area contributed by atoms with Crippen LogP contribution < -0.4 is 15.2 Å². The van der Waals surface area contributed by atoms with Gasteiger partial charge in [0, 0.05) is 49.3 Å². The van der Waals surface area contributed by atoms with Gasteiger partial charge in [0.15, 0.2) is 11.5 Å². The lowest BCUT2D eigenvalue weighted by atomic mass is 10.1. The number of nitrogens with two attached hydrogens (primary N) is 1. The van der Waals surface area contributed by atoms with Gasteiger partial charge in [0.05, 0.1) is 13.7 Å². The molecule has 4 aromatic rings. The Morgan fingerprint density at radius 3 is 2.53 bits per heavy atom. The van der Waals surface area contributed by atoms with E-state index in [-0.39, 0.29) is 53.2 Å². The zero-order valence-electron chi connectivity index (χ0n) is 20.2. The van der Waals surface area contributed by atoms with Gasteiger partial charge in [-0.25, -0.2) is 19.9 Å². The summed E-state index contributed by atoms with van der Waals surface area (Å²) in [5, 5.41) is 0.322. The van der Waals surface area contributed by atoms with Crippen molar-refractivity contribution in [2.75, 3.05) is 20.2 Å². The average Bonchev–Trinajstić information content (AvgIpc) is 3.36. The number of pyridine rings is 1. The normalized spacial score (nSPS) is 14.6. The zero-order valence-corrected chi connectivity index (χ0v) is 20.2. The highest BCUT2D eigenvalue weighted by atomic mass is 19.4. The van der Waals surface area contributed by atoms with Gasteiger partial charge >= 0.3 is 12.2 Å². The summed E-state index contributed by atoms with van der Waals surface area (Å²) in [4.78, 5) is 31.3. The molecular weight excluding hydrogens is 505 g/mol. The summed E-state index contributed by atoms with van der Waals surface area (Å²) in [5.41, 5.74) is 5.19. The number of hydrogen-bond acceptors (Lipinski definition) is 9. The van der Waals surface area contributed by atoms with Crippen LogP contribution in [-0.4, -0.2) is 57.0 Å². The Balaban J connectivity index is 1.40. The molecule has 1 aromatic carbocycles. The van der Waals surface area contributed by atoms with Gasteiger partial charge in [0.25, 0.3) is 5.91 Å². The Kier molecular flexibility index (Phi) is 6.85. The number of amides is 1. The van der Waals surface area contributed by atoms with Crippen LogP contribution in [0.25, 0.3) is 22.4 Å². The predicted octanol–water partition coefficient (Wildman–Crippen LogP) is 3.85. The van der Waals surface area contributed by atoms with Crippen LogP contribution in [0.3, 0.4) is 0 Å². The fourth-order valence-corrected chi connectivity index (χ4v) is 4.30. The molecule has 1 amide bonds. The van der Waals surface area contributed by atoms with Crippen molar-refractivity contribution in [2.45, 2.75) is 31.7 Å². The maximum Gasteiger partial charge on any atom is 0.433 e. The summed E-state index contributed by atoms with van der Waals surface area (Å²) in [7, 11) is 1.34. The van der Waals surface area contributed by atoms with Gasteiger partial charge < -0.3 is 24.5 Å². The van der Waals surface area contributed by atoms with Crippen molar-refractivity contribution in [1.29, 1.82) is 0 Å². The minimum Gasteiger partial charge on any atom is -0.494 e. The Morgan fingerprint density at radius 1 is 1.13 bits per heavy atom. The smallest absolute Gasteiger partial charge is 0.433 e. The first-order valence-electron chi connectivity index (χ1n) is 11.8. The number of piperidine rings is 1. The first kappa shape index (κ1) is 25.4. The van der Waals surface area contributed by atoms with Gasteiger partial charge in [-0.3, -0.25) is 4.79 Å². The van der Waals surface area contributed by atoms with Crippen LogP contribution in [0.5, 0.6) is 11.8 Å². The number of alkyl halides is 3. The number of ether oxygens (including phenoxy) is 2. The van der Waals surface area contributed by atoms with E-state index >= 15 is 0 Å². The third kappa shape index (κ3) is 4.96. The Morgan fingerprint density at radius 2 is 1.87 bits per heavy atom. The highest BCUT2D eigenvalue weighted by molar-refractivity contribution is 5.98. The molecule has 2 N–H and O–H groups in total. The van der Waals surface area contributed by atoms with E-state index in [9.17, 15) is 18.0 Å². The Labute approximate surface area is 214 Å². The average molecular weight is 528 g/mol. The van der Waals surface area contributed by atoms with Crippen molar-refractivity contribution in [1.82, 2.24) is 24.8 Å². The molecule has 198 valence electrons. The minimum atomic E-state index is -4.63. The number of benzene rings is 1. The van der Waals surface area contributed by atoms with E-state index in [0.29, 0.717) is 36.9 Å². The van der Waals surface area contributed by atoms with E-state index in [2.05, 4.69) is 19.9 Å². The molecule has 4 heterocycles. The SMILES string of the molecule is COc1ccc(-c2nc(C(=O)N3CCC(Oc4ncccn4)CC3)c(CN)o2)c2ccc(C(F)(F)F)nc12. The molecular formula is C25H23F3N6O4. The van der Waals surface area contributed by atoms with E-state index in [1.807, 2.05) is 0 Å². The molecule has 0 saturated carbocycles. The van der Waals surface area contributed by atoms with Crippen LogP contribution in [0, 0.1) is 0 Å². The monoisotopic (exact) mass is 528 g/mol. The molecule has 5 rings (SSSR count). The van der Waals surface area contributed by atoms with Crippen molar-refractivity contribution >= 4 is 16.8 Å². The van der Waals surface area contributed by atoms with Crippen LogP contribution >= 0.6 is 0 Å². The summed E-state index contributed by atoms with van der Waals surface area (Å²) < 4.78 is 56.6. The summed E-state index contributed by atoms with van der Waals surface area (Å²) in [5.74, 6) is 0.0141. The number of fused-ring (bicyclic) bond motifs is 1. The fraction of sp³-hybridized carbons (Fsp3) is 0.320. The molecule has 1 aliphatic heterocycles. The number of methoxy groups -OCH3 is 1. The molecule has 1 fully saturated rings. The topological polar surface area (TPSA) is 129 Å². The third-order valence-corrected chi connectivity index (χ3v) is 6.19.